The summed E-state index contributed by atoms with van der Waals surface area (Å²) in [5.41, 5.74) is 2.03. The maximum atomic E-state index is 12.3. The molecule has 0 aliphatic rings. The van der Waals surface area contributed by atoms with E-state index in [9.17, 15) is 4.79 Å². The third-order valence-electron chi connectivity index (χ3n) is 3.88. The lowest BCUT2D eigenvalue weighted by Crippen LogP contribution is -2.13. The van der Waals surface area contributed by atoms with Crippen LogP contribution in [0.25, 0.3) is 16.3 Å². The van der Waals surface area contributed by atoms with Gasteiger partial charge in [-0.15, -0.1) is 11.3 Å². The summed E-state index contributed by atoms with van der Waals surface area (Å²) in [6.07, 6.45) is 4.90. The van der Waals surface area contributed by atoms with E-state index >= 15 is 0 Å². The molecule has 7 heteroatoms. The summed E-state index contributed by atoms with van der Waals surface area (Å²) >= 11 is 5.02. The van der Waals surface area contributed by atoms with Gasteiger partial charge in [0.15, 0.2) is 0 Å². The van der Waals surface area contributed by atoms with E-state index in [4.69, 9.17) is 0 Å². The summed E-state index contributed by atoms with van der Waals surface area (Å²) in [6, 6.07) is 17.7. The number of halogens is 1. The molecule has 5 nitrogen and oxygen atoms in total. The Hall–Kier alpha value is -2.77. The molecule has 0 saturated heterocycles. The molecule has 2 heterocycles. The van der Waals surface area contributed by atoms with E-state index in [1.807, 2.05) is 48.5 Å². The van der Waals surface area contributed by atoms with Crippen molar-refractivity contribution in [2.75, 3.05) is 5.32 Å². The summed E-state index contributed by atoms with van der Waals surface area (Å²) in [7, 11) is 0. The maximum absolute atomic E-state index is 12.3. The number of benzene rings is 2. The molecule has 0 bridgehead atoms. The van der Waals surface area contributed by atoms with Gasteiger partial charge in [-0.3, -0.25) is 4.79 Å². The van der Waals surface area contributed by atoms with Crippen LogP contribution in [0.4, 0.5) is 5.82 Å². The molecule has 0 aliphatic carbocycles. The van der Waals surface area contributed by atoms with Crippen LogP contribution in [0.3, 0.4) is 0 Å². The molecule has 0 atom stereocenters. The van der Waals surface area contributed by atoms with E-state index < -0.39 is 0 Å². The van der Waals surface area contributed by atoms with E-state index in [2.05, 4.69) is 31.3 Å². The largest absolute Gasteiger partial charge is 0.307 e. The van der Waals surface area contributed by atoms with Gasteiger partial charge < -0.3 is 5.32 Å². The first-order valence-electron chi connectivity index (χ1n) is 8.28. The molecule has 0 radical (unpaired) electrons. The number of para-hydroxylation sites is 1. The Balaban J connectivity index is 1.44. The Labute approximate surface area is 168 Å². The second kappa shape index (κ2) is 7.85. The van der Waals surface area contributed by atoms with Gasteiger partial charge >= 0.3 is 0 Å². The topological polar surface area (TPSA) is 59.8 Å². The van der Waals surface area contributed by atoms with Crippen LogP contribution < -0.4 is 5.32 Å². The first-order chi connectivity index (χ1) is 13.2. The average molecular weight is 439 g/mol. The molecule has 134 valence electrons. The molecular formula is C20H15BrN4OS. The number of amides is 1. The number of nitrogens with one attached hydrogen (secondary N) is 1. The number of fused-ring (bicyclic) bond motifs is 1. The van der Waals surface area contributed by atoms with Gasteiger partial charge in [0.1, 0.15) is 10.8 Å². The molecule has 0 fully saturated rings. The lowest BCUT2D eigenvalue weighted by atomic mass is 10.2. The molecule has 4 rings (SSSR count). The standard InChI is InChI=1S/C20H15BrN4OS/c21-15-5-3-4-14(12-15)13-25-18(10-11-22-25)24-19(26)8-9-20-23-16-6-1-2-7-17(16)27-20/h1-12H,13H2,(H,24,26)/b9-8+. The van der Waals surface area contributed by atoms with Crippen molar-refractivity contribution in [3.05, 3.63) is 81.9 Å². The second-order valence-electron chi connectivity index (χ2n) is 5.85. The quantitative estimate of drug-likeness (QED) is 0.448. The van der Waals surface area contributed by atoms with Crippen LogP contribution in [-0.4, -0.2) is 20.7 Å². The molecule has 2 aromatic heterocycles. The van der Waals surface area contributed by atoms with Crippen molar-refractivity contribution in [2.45, 2.75) is 6.54 Å². The Bertz CT molecular complexity index is 1100. The minimum atomic E-state index is -0.217. The van der Waals surface area contributed by atoms with Gasteiger partial charge in [0.2, 0.25) is 5.91 Å². The monoisotopic (exact) mass is 438 g/mol. The molecule has 4 aromatic rings. The van der Waals surface area contributed by atoms with Gasteiger partial charge in [-0.25, -0.2) is 9.67 Å². The molecule has 27 heavy (non-hydrogen) atoms. The number of rotatable bonds is 5. The molecule has 0 aliphatic heterocycles. The first-order valence-corrected chi connectivity index (χ1v) is 9.89. The van der Waals surface area contributed by atoms with Crippen LogP contribution >= 0.6 is 27.3 Å². The highest BCUT2D eigenvalue weighted by atomic mass is 79.9. The van der Waals surface area contributed by atoms with Crippen LogP contribution in [0.1, 0.15) is 10.6 Å². The Morgan fingerprint density at radius 3 is 2.93 bits per heavy atom. The van der Waals surface area contributed by atoms with Crippen molar-refractivity contribution in [1.29, 1.82) is 0 Å². The molecule has 2 aromatic carbocycles. The molecule has 0 saturated carbocycles. The van der Waals surface area contributed by atoms with Crippen molar-refractivity contribution in [3.8, 4) is 0 Å². The van der Waals surface area contributed by atoms with E-state index in [1.165, 1.54) is 6.08 Å². The average Bonchev–Trinajstić information content (AvgIpc) is 3.26. The van der Waals surface area contributed by atoms with Crippen molar-refractivity contribution in [2.24, 2.45) is 0 Å². The molecule has 0 spiro atoms. The van der Waals surface area contributed by atoms with Crippen LogP contribution in [-0.2, 0) is 11.3 Å². The third kappa shape index (κ3) is 4.32. The fourth-order valence-electron chi connectivity index (χ4n) is 2.65. The van der Waals surface area contributed by atoms with Crippen LogP contribution in [0.15, 0.2) is 71.3 Å². The smallest absolute Gasteiger partial charge is 0.249 e. The molecule has 1 N–H and O–H groups in total. The molecular weight excluding hydrogens is 424 g/mol. The summed E-state index contributed by atoms with van der Waals surface area (Å²) in [6.45, 7) is 0.573. The number of carbonyl (C=O) groups excluding carboxylic acids is 1. The fraction of sp³-hybridized carbons (Fsp3) is 0.0500. The van der Waals surface area contributed by atoms with Gasteiger partial charge in [-0.1, -0.05) is 40.2 Å². The Morgan fingerprint density at radius 1 is 1.19 bits per heavy atom. The highest BCUT2D eigenvalue weighted by molar-refractivity contribution is 9.10. The highest BCUT2D eigenvalue weighted by Gasteiger charge is 2.07. The lowest BCUT2D eigenvalue weighted by molar-refractivity contribution is -0.111. The van der Waals surface area contributed by atoms with E-state index in [0.717, 1.165) is 25.3 Å². The van der Waals surface area contributed by atoms with Crippen molar-refractivity contribution in [3.63, 3.8) is 0 Å². The van der Waals surface area contributed by atoms with Crippen LogP contribution in [0.5, 0.6) is 0 Å². The van der Waals surface area contributed by atoms with Gasteiger partial charge in [-0.05, 0) is 35.9 Å². The number of thiazole rings is 1. The Morgan fingerprint density at radius 2 is 2.07 bits per heavy atom. The third-order valence-corrected chi connectivity index (χ3v) is 5.37. The van der Waals surface area contributed by atoms with Gasteiger partial charge in [-0.2, -0.15) is 5.10 Å². The number of anilines is 1. The van der Waals surface area contributed by atoms with Crippen LogP contribution in [0.2, 0.25) is 0 Å². The molecule has 0 unspecified atom stereocenters. The number of hydrogen-bond acceptors (Lipinski definition) is 4. The first kappa shape index (κ1) is 17.6. The number of hydrogen-bond donors (Lipinski definition) is 1. The minimum Gasteiger partial charge on any atom is -0.307 e. The van der Waals surface area contributed by atoms with Crippen molar-refractivity contribution in [1.82, 2.24) is 14.8 Å². The summed E-state index contributed by atoms with van der Waals surface area (Å²) in [5, 5.41) is 7.96. The van der Waals surface area contributed by atoms with E-state index in [1.54, 1.807) is 34.4 Å². The lowest BCUT2D eigenvalue weighted by Gasteiger charge is -2.08. The highest BCUT2D eigenvalue weighted by Crippen LogP contribution is 2.22. The van der Waals surface area contributed by atoms with Gasteiger partial charge in [0.05, 0.1) is 23.0 Å². The zero-order valence-corrected chi connectivity index (χ0v) is 16.6. The zero-order chi connectivity index (χ0) is 18.6. The number of nitrogens with zero attached hydrogens (tertiary/aromatic N) is 3. The van der Waals surface area contributed by atoms with E-state index in [0.29, 0.717) is 12.4 Å². The molecule has 1 amide bonds. The minimum absolute atomic E-state index is 0.217. The predicted molar refractivity (Wildman–Crippen MR) is 113 cm³/mol. The zero-order valence-electron chi connectivity index (χ0n) is 14.2. The maximum Gasteiger partial charge on any atom is 0.249 e. The van der Waals surface area contributed by atoms with Gasteiger partial charge in [0, 0.05) is 16.6 Å². The second-order valence-corrected chi connectivity index (χ2v) is 7.82. The number of aromatic nitrogens is 3. The fourth-order valence-corrected chi connectivity index (χ4v) is 3.97. The SMILES string of the molecule is O=C(/C=C/c1nc2ccccc2s1)Nc1ccnn1Cc1cccc(Br)c1. The van der Waals surface area contributed by atoms with E-state index in [-0.39, 0.29) is 5.91 Å². The van der Waals surface area contributed by atoms with Gasteiger partial charge in [0.25, 0.3) is 0 Å². The summed E-state index contributed by atoms with van der Waals surface area (Å²) < 4.78 is 3.87. The summed E-state index contributed by atoms with van der Waals surface area (Å²) in [5.74, 6) is 0.430. The number of carbonyl (C=O) groups is 1. The van der Waals surface area contributed by atoms with Crippen LogP contribution in [0, 0.1) is 0 Å². The normalized spacial score (nSPS) is 11.3. The van der Waals surface area contributed by atoms with Crippen molar-refractivity contribution >= 4 is 55.3 Å². The predicted octanol–water partition coefficient (Wildman–Crippen LogP) is 4.96. The Kier molecular flexibility index (Phi) is 5.13. The summed E-state index contributed by atoms with van der Waals surface area (Å²) in [4.78, 5) is 16.8. The van der Waals surface area contributed by atoms with Crippen molar-refractivity contribution < 1.29 is 4.79 Å².